The van der Waals surface area contributed by atoms with E-state index in [1.165, 1.54) is 19.3 Å². The summed E-state index contributed by atoms with van der Waals surface area (Å²) in [5.41, 5.74) is -0.0359. The number of urea groups is 1. The summed E-state index contributed by atoms with van der Waals surface area (Å²) in [6, 6.07) is 6.38. The summed E-state index contributed by atoms with van der Waals surface area (Å²) < 4.78 is 30.7. The van der Waals surface area contributed by atoms with Crippen molar-refractivity contribution in [2.75, 3.05) is 20.2 Å². The molecule has 7 heteroatoms. The third kappa shape index (κ3) is 2.98. The van der Waals surface area contributed by atoms with Crippen LogP contribution in [0.3, 0.4) is 0 Å². The zero-order valence-electron chi connectivity index (χ0n) is 16.3. The molecule has 5 aliphatic rings. The minimum absolute atomic E-state index is 0.0359. The van der Waals surface area contributed by atoms with Gasteiger partial charge in [-0.15, -0.1) is 0 Å². The van der Waals surface area contributed by atoms with Crippen molar-refractivity contribution in [2.24, 2.45) is 17.8 Å². The number of benzene rings is 1. The SMILES string of the molecule is COc1ccc(S(=O)(=O)C2CN(C(=O)NC34CC5CC(CC(C5)C3)C4)C2)cc1. The van der Waals surface area contributed by atoms with Crippen molar-refractivity contribution in [1.82, 2.24) is 10.2 Å². The van der Waals surface area contributed by atoms with E-state index in [2.05, 4.69) is 5.32 Å². The Kier molecular flexibility index (Phi) is 4.16. The normalized spacial score (nSPS) is 34.2. The first-order valence-electron chi connectivity index (χ1n) is 10.3. The standard InChI is InChI=1S/C21H28N2O4S/c1-27-17-2-4-18(5-3-17)28(25,26)19-12-23(13-19)20(24)22-21-9-14-6-15(10-21)8-16(7-14)11-21/h2-5,14-16,19H,6-13H2,1H3,(H,22,24). The Morgan fingerprint density at radius 2 is 1.57 bits per heavy atom. The van der Waals surface area contributed by atoms with Crippen LogP contribution >= 0.6 is 0 Å². The van der Waals surface area contributed by atoms with Gasteiger partial charge in [0, 0.05) is 18.6 Å². The van der Waals surface area contributed by atoms with E-state index in [4.69, 9.17) is 4.74 Å². The average molecular weight is 405 g/mol. The molecule has 5 fully saturated rings. The first-order valence-corrected chi connectivity index (χ1v) is 11.9. The molecule has 4 aliphatic carbocycles. The fraction of sp³-hybridized carbons (Fsp3) is 0.667. The zero-order chi connectivity index (χ0) is 19.5. The second-order valence-electron chi connectivity index (χ2n) is 9.38. The van der Waals surface area contributed by atoms with E-state index < -0.39 is 15.1 Å². The number of nitrogens with zero attached hydrogens (tertiary/aromatic N) is 1. The molecule has 152 valence electrons. The Bertz CT molecular complexity index is 839. The van der Waals surface area contributed by atoms with E-state index in [1.54, 1.807) is 36.3 Å². The van der Waals surface area contributed by atoms with Gasteiger partial charge in [0.25, 0.3) is 0 Å². The van der Waals surface area contributed by atoms with Gasteiger partial charge in [-0.3, -0.25) is 0 Å². The number of nitrogens with one attached hydrogen (secondary N) is 1. The van der Waals surface area contributed by atoms with Crippen LogP contribution in [0.15, 0.2) is 29.2 Å². The lowest BCUT2D eigenvalue weighted by molar-refractivity contribution is -0.0166. The molecule has 4 saturated carbocycles. The number of ether oxygens (including phenoxy) is 1. The molecule has 0 radical (unpaired) electrons. The highest BCUT2D eigenvalue weighted by Gasteiger charge is 2.52. The predicted molar refractivity (Wildman–Crippen MR) is 105 cm³/mol. The highest BCUT2D eigenvalue weighted by Crippen LogP contribution is 2.55. The van der Waals surface area contributed by atoms with E-state index in [9.17, 15) is 13.2 Å². The van der Waals surface area contributed by atoms with E-state index in [0.717, 1.165) is 37.0 Å². The second-order valence-corrected chi connectivity index (χ2v) is 11.6. The van der Waals surface area contributed by atoms with Crippen molar-refractivity contribution in [3.05, 3.63) is 24.3 Å². The molecule has 0 spiro atoms. The molecular formula is C21H28N2O4S. The molecule has 1 aliphatic heterocycles. The molecule has 0 atom stereocenters. The summed E-state index contributed by atoms with van der Waals surface area (Å²) in [5.74, 6) is 2.94. The second kappa shape index (κ2) is 6.37. The van der Waals surface area contributed by atoms with Crippen LogP contribution in [0.2, 0.25) is 0 Å². The number of sulfone groups is 1. The van der Waals surface area contributed by atoms with E-state index in [0.29, 0.717) is 10.6 Å². The molecule has 1 N–H and O–H groups in total. The van der Waals surface area contributed by atoms with Crippen LogP contribution in [0.4, 0.5) is 4.79 Å². The summed E-state index contributed by atoms with van der Waals surface area (Å²) in [6.07, 6.45) is 7.31. The van der Waals surface area contributed by atoms with Gasteiger partial charge < -0.3 is 15.0 Å². The fourth-order valence-corrected chi connectivity index (χ4v) is 7.98. The number of rotatable bonds is 4. The lowest BCUT2D eigenvalue weighted by Gasteiger charge is -2.57. The lowest BCUT2D eigenvalue weighted by Crippen LogP contribution is -2.66. The van der Waals surface area contributed by atoms with Crippen LogP contribution in [0.1, 0.15) is 38.5 Å². The van der Waals surface area contributed by atoms with Crippen LogP contribution in [-0.2, 0) is 9.84 Å². The van der Waals surface area contributed by atoms with Crippen LogP contribution in [0.25, 0.3) is 0 Å². The number of carbonyl (C=O) groups is 1. The zero-order valence-corrected chi connectivity index (χ0v) is 17.1. The maximum absolute atomic E-state index is 12.8. The lowest BCUT2D eigenvalue weighted by atomic mass is 9.53. The van der Waals surface area contributed by atoms with Crippen molar-refractivity contribution in [1.29, 1.82) is 0 Å². The number of likely N-dealkylation sites (tertiary alicyclic amines) is 1. The Hall–Kier alpha value is -1.76. The van der Waals surface area contributed by atoms with Crippen LogP contribution < -0.4 is 10.1 Å². The molecule has 6 rings (SSSR count). The summed E-state index contributed by atoms with van der Waals surface area (Å²) in [6.45, 7) is 0.541. The van der Waals surface area contributed by atoms with Crippen LogP contribution in [0.5, 0.6) is 5.75 Å². The number of amides is 2. The Labute approximate surface area is 166 Å². The first kappa shape index (κ1) is 18.3. The molecule has 28 heavy (non-hydrogen) atoms. The molecule has 1 heterocycles. The highest BCUT2D eigenvalue weighted by atomic mass is 32.2. The van der Waals surface area contributed by atoms with Gasteiger partial charge in [-0.1, -0.05) is 0 Å². The summed E-state index contributed by atoms with van der Waals surface area (Å²) >= 11 is 0. The minimum Gasteiger partial charge on any atom is -0.497 e. The Morgan fingerprint density at radius 1 is 1.04 bits per heavy atom. The largest absolute Gasteiger partial charge is 0.497 e. The topological polar surface area (TPSA) is 75.7 Å². The quantitative estimate of drug-likeness (QED) is 0.837. The molecule has 0 aromatic heterocycles. The predicted octanol–water partition coefficient (Wildman–Crippen LogP) is 2.83. The minimum atomic E-state index is -3.42. The van der Waals surface area contributed by atoms with Crippen LogP contribution in [-0.4, -0.2) is 50.3 Å². The maximum Gasteiger partial charge on any atom is 0.317 e. The number of carbonyl (C=O) groups excluding carboxylic acids is 1. The van der Waals surface area contributed by atoms with Crippen molar-refractivity contribution in [2.45, 2.75) is 54.2 Å². The van der Waals surface area contributed by atoms with Gasteiger partial charge >= 0.3 is 6.03 Å². The highest BCUT2D eigenvalue weighted by molar-refractivity contribution is 7.92. The Morgan fingerprint density at radius 3 is 2.07 bits per heavy atom. The fourth-order valence-electron chi connectivity index (χ4n) is 6.33. The Balaban J connectivity index is 1.21. The van der Waals surface area contributed by atoms with Crippen molar-refractivity contribution in [3.63, 3.8) is 0 Å². The van der Waals surface area contributed by atoms with Crippen LogP contribution in [0, 0.1) is 17.8 Å². The smallest absolute Gasteiger partial charge is 0.317 e. The van der Waals surface area contributed by atoms with Gasteiger partial charge in [-0.2, -0.15) is 0 Å². The average Bonchev–Trinajstić information content (AvgIpc) is 2.58. The van der Waals surface area contributed by atoms with Gasteiger partial charge in [0.1, 0.15) is 11.0 Å². The van der Waals surface area contributed by atoms with Crippen molar-refractivity contribution in [3.8, 4) is 5.75 Å². The molecule has 6 nitrogen and oxygen atoms in total. The van der Waals surface area contributed by atoms with Gasteiger partial charge in [0.05, 0.1) is 12.0 Å². The number of hydrogen-bond donors (Lipinski definition) is 1. The van der Waals surface area contributed by atoms with Gasteiger partial charge in [0.15, 0.2) is 9.84 Å². The molecular weight excluding hydrogens is 376 g/mol. The van der Waals surface area contributed by atoms with Gasteiger partial charge in [0.2, 0.25) is 0 Å². The third-order valence-corrected chi connectivity index (χ3v) is 9.48. The monoisotopic (exact) mass is 404 g/mol. The van der Waals surface area contributed by atoms with E-state index in [1.807, 2.05) is 0 Å². The molecule has 0 unspecified atom stereocenters. The molecule has 1 aromatic rings. The molecule has 2 amide bonds. The summed E-state index contributed by atoms with van der Waals surface area (Å²) in [4.78, 5) is 14.8. The number of methoxy groups -OCH3 is 1. The van der Waals surface area contributed by atoms with E-state index >= 15 is 0 Å². The maximum atomic E-state index is 12.8. The van der Waals surface area contributed by atoms with E-state index in [-0.39, 0.29) is 24.7 Å². The van der Waals surface area contributed by atoms with Crippen molar-refractivity contribution < 1.29 is 17.9 Å². The third-order valence-electron chi connectivity index (χ3n) is 7.37. The first-order chi connectivity index (χ1) is 13.4. The number of hydrogen-bond acceptors (Lipinski definition) is 4. The molecule has 4 bridgehead atoms. The van der Waals surface area contributed by atoms with Gasteiger partial charge in [-0.25, -0.2) is 13.2 Å². The van der Waals surface area contributed by atoms with Gasteiger partial charge in [-0.05, 0) is 80.5 Å². The molecule has 1 saturated heterocycles. The summed E-state index contributed by atoms with van der Waals surface area (Å²) in [7, 11) is -1.87. The molecule has 1 aromatic carbocycles. The summed E-state index contributed by atoms with van der Waals surface area (Å²) in [5, 5.41) is 2.80. The van der Waals surface area contributed by atoms with Crippen molar-refractivity contribution >= 4 is 15.9 Å².